The van der Waals surface area contributed by atoms with Crippen molar-refractivity contribution in [3.63, 3.8) is 0 Å². The Bertz CT molecular complexity index is 3060. The van der Waals surface area contributed by atoms with Crippen LogP contribution in [0.2, 0.25) is 0 Å². The third kappa shape index (κ3) is 3.91. The summed E-state index contributed by atoms with van der Waals surface area (Å²) in [6.45, 7) is 0. The first-order chi connectivity index (χ1) is 27.2. The summed E-state index contributed by atoms with van der Waals surface area (Å²) >= 11 is 0. The molecule has 3 aliphatic rings. The zero-order chi connectivity index (χ0) is 36.3. The molecule has 256 valence electrons. The first-order valence-electron chi connectivity index (χ1n) is 19.0. The Morgan fingerprint density at radius 2 is 0.836 bits per heavy atom. The first kappa shape index (κ1) is 30.9. The van der Waals surface area contributed by atoms with E-state index in [4.69, 9.17) is 0 Å². The van der Waals surface area contributed by atoms with E-state index in [2.05, 4.69) is 140 Å². The van der Waals surface area contributed by atoms with Crippen molar-refractivity contribution in [1.82, 2.24) is 0 Å². The smallest absolute Gasteiger partial charge is 0.171 e. The van der Waals surface area contributed by atoms with Gasteiger partial charge in [0.05, 0.1) is 5.41 Å². The van der Waals surface area contributed by atoms with E-state index >= 15 is 4.57 Å². The van der Waals surface area contributed by atoms with Crippen LogP contribution in [0.15, 0.2) is 200 Å². The van der Waals surface area contributed by atoms with Crippen molar-refractivity contribution < 1.29 is 4.57 Å². The minimum Gasteiger partial charge on any atom is -0.309 e. The van der Waals surface area contributed by atoms with Gasteiger partial charge in [-0.25, -0.2) is 0 Å². The summed E-state index contributed by atoms with van der Waals surface area (Å²) < 4.78 is 15.3. The van der Waals surface area contributed by atoms with Gasteiger partial charge < -0.3 is 4.57 Å². The molecule has 0 saturated carbocycles. The van der Waals surface area contributed by atoms with Crippen LogP contribution in [0, 0.1) is 0 Å². The molecule has 55 heavy (non-hydrogen) atoms. The van der Waals surface area contributed by atoms with Gasteiger partial charge in [0, 0.05) is 15.9 Å². The zero-order valence-electron chi connectivity index (χ0n) is 29.9. The lowest BCUT2D eigenvalue weighted by Crippen LogP contribution is -2.27. The van der Waals surface area contributed by atoms with E-state index in [1.54, 1.807) is 0 Å². The molecule has 1 unspecified atom stereocenters. The second-order valence-electron chi connectivity index (χ2n) is 15.0. The number of fused-ring (bicyclic) bond motifs is 14. The molecular formula is C53H33OP. The van der Waals surface area contributed by atoms with Gasteiger partial charge in [-0.3, -0.25) is 0 Å². The molecule has 0 bridgehead atoms. The number of hydrogen-bond acceptors (Lipinski definition) is 1. The van der Waals surface area contributed by atoms with Crippen molar-refractivity contribution in [2.24, 2.45) is 0 Å². The second kappa shape index (κ2) is 11.2. The lowest BCUT2D eigenvalue weighted by atomic mass is 9.68. The molecule has 12 rings (SSSR count). The van der Waals surface area contributed by atoms with E-state index in [1.807, 2.05) is 60.7 Å². The molecular weight excluding hydrogens is 684 g/mol. The molecule has 0 N–H and O–H groups in total. The maximum Gasteiger partial charge on any atom is 0.171 e. The van der Waals surface area contributed by atoms with E-state index in [1.165, 1.54) is 83.1 Å². The molecule has 2 heteroatoms. The van der Waals surface area contributed by atoms with Crippen molar-refractivity contribution >= 4 is 33.8 Å². The molecule has 0 saturated heterocycles. The van der Waals surface area contributed by atoms with E-state index in [0.29, 0.717) is 0 Å². The van der Waals surface area contributed by atoms with Gasteiger partial charge in [0.2, 0.25) is 0 Å². The summed E-state index contributed by atoms with van der Waals surface area (Å²) in [5.74, 6) is 0. The molecule has 0 aliphatic heterocycles. The van der Waals surface area contributed by atoms with Crippen LogP contribution in [0.4, 0.5) is 0 Å². The average Bonchev–Trinajstić information content (AvgIpc) is 3.87. The Morgan fingerprint density at radius 1 is 0.345 bits per heavy atom. The van der Waals surface area contributed by atoms with E-state index < -0.39 is 12.6 Å². The van der Waals surface area contributed by atoms with E-state index in [0.717, 1.165) is 21.5 Å². The summed E-state index contributed by atoms with van der Waals surface area (Å²) in [6, 6.07) is 71.8. The fraction of sp³-hybridized carbons (Fsp3) is 0.0189. The Balaban J connectivity index is 1.14. The SMILES string of the molecule is O=P(c1ccccc1)(c1ccccc1)c1ccc(-c2cccc3c2C2(c4ccccc4-3)c3ccccc3-c3c2cc2c4c(cccc34)-c3ccccc3-2)cc1. The minimum absolute atomic E-state index is 0.533. The molecule has 0 amide bonds. The molecule has 1 spiro atoms. The Hall–Kier alpha value is -6.53. The highest BCUT2D eigenvalue weighted by Crippen LogP contribution is 2.67. The molecule has 0 radical (unpaired) electrons. The third-order valence-corrected chi connectivity index (χ3v) is 15.6. The summed E-state index contributed by atoms with van der Waals surface area (Å²) in [4.78, 5) is 0. The number of hydrogen-bond donors (Lipinski definition) is 0. The number of benzene rings is 9. The lowest BCUT2D eigenvalue weighted by molar-refractivity contribution is 0.592. The Kier molecular flexibility index (Phi) is 6.32. The first-order valence-corrected chi connectivity index (χ1v) is 20.8. The van der Waals surface area contributed by atoms with Gasteiger partial charge in [-0.1, -0.05) is 194 Å². The standard InChI is InChI=1S/C53H33OP/c54-55(35-15-3-1-4-16-35,36-17-5-2-6-18-36)37-31-29-34(30-32-37)38-23-13-25-43-41-21-9-11-27-47(41)53(52(38)43)48-28-12-10-22-44(48)51-45-26-14-24-42-39-19-7-8-20-40(39)46(50(42)45)33-49(51)53/h1-33H. The predicted octanol–water partition coefficient (Wildman–Crippen LogP) is 12.1. The van der Waals surface area contributed by atoms with E-state index in [9.17, 15) is 0 Å². The van der Waals surface area contributed by atoms with Crippen molar-refractivity contribution in [3.05, 3.63) is 222 Å². The van der Waals surface area contributed by atoms with Gasteiger partial charge in [-0.15, -0.1) is 0 Å². The van der Waals surface area contributed by atoms with Crippen LogP contribution < -0.4 is 15.9 Å². The highest BCUT2D eigenvalue weighted by atomic mass is 31.2. The topological polar surface area (TPSA) is 17.1 Å². The van der Waals surface area contributed by atoms with Gasteiger partial charge in [0.15, 0.2) is 7.14 Å². The zero-order valence-corrected chi connectivity index (χ0v) is 30.8. The second-order valence-corrected chi connectivity index (χ2v) is 17.8. The van der Waals surface area contributed by atoms with Crippen LogP contribution in [0.1, 0.15) is 22.3 Å². The van der Waals surface area contributed by atoms with Crippen LogP contribution in [0.5, 0.6) is 0 Å². The molecule has 0 fully saturated rings. The van der Waals surface area contributed by atoms with Crippen LogP contribution in [-0.4, -0.2) is 0 Å². The molecule has 3 aliphatic carbocycles. The van der Waals surface area contributed by atoms with Crippen LogP contribution in [0.3, 0.4) is 0 Å². The average molecular weight is 717 g/mol. The van der Waals surface area contributed by atoms with Gasteiger partial charge in [0.25, 0.3) is 0 Å². The van der Waals surface area contributed by atoms with E-state index in [-0.39, 0.29) is 0 Å². The van der Waals surface area contributed by atoms with Crippen LogP contribution in [0.25, 0.3) is 66.4 Å². The minimum atomic E-state index is -3.12. The van der Waals surface area contributed by atoms with Crippen molar-refractivity contribution in [2.75, 3.05) is 0 Å². The van der Waals surface area contributed by atoms with Crippen molar-refractivity contribution in [1.29, 1.82) is 0 Å². The normalized spacial score (nSPS) is 15.4. The highest BCUT2D eigenvalue weighted by molar-refractivity contribution is 7.85. The summed E-state index contributed by atoms with van der Waals surface area (Å²) in [5.41, 5.74) is 17.5. The summed E-state index contributed by atoms with van der Waals surface area (Å²) in [7, 11) is -3.12. The highest BCUT2D eigenvalue weighted by Gasteiger charge is 2.53. The van der Waals surface area contributed by atoms with Crippen molar-refractivity contribution in [2.45, 2.75) is 5.41 Å². The molecule has 9 aromatic carbocycles. The molecule has 9 aromatic rings. The van der Waals surface area contributed by atoms with Crippen molar-refractivity contribution in [3.8, 4) is 55.6 Å². The Morgan fingerprint density at radius 3 is 1.53 bits per heavy atom. The van der Waals surface area contributed by atoms with Crippen LogP contribution in [-0.2, 0) is 9.98 Å². The predicted molar refractivity (Wildman–Crippen MR) is 230 cm³/mol. The maximum absolute atomic E-state index is 15.3. The fourth-order valence-corrected chi connectivity index (χ4v) is 13.0. The summed E-state index contributed by atoms with van der Waals surface area (Å²) in [6.07, 6.45) is 0. The quantitative estimate of drug-likeness (QED) is 0.166. The fourth-order valence-electron chi connectivity index (χ4n) is 10.4. The third-order valence-electron chi connectivity index (χ3n) is 12.5. The largest absolute Gasteiger partial charge is 0.309 e. The molecule has 1 atom stereocenters. The molecule has 1 nitrogen and oxygen atoms in total. The van der Waals surface area contributed by atoms with Gasteiger partial charge in [-0.05, 0) is 94.7 Å². The number of rotatable bonds is 4. The lowest BCUT2D eigenvalue weighted by Gasteiger charge is -2.32. The molecule has 0 aromatic heterocycles. The molecule has 0 heterocycles. The van der Waals surface area contributed by atoms with Gasteiger partial charge >= 0.3 is 0 Å². The van der Waals surface area contributed by atoms with Gasteiger partial charge in [0.1, 0.15) is 0 Å². The van der Waals surface area contributed by atoms with Crippen LogP contribution >= 0.6 is 7.14 Å². The Labute approximate surface area is 320 Å². The monoisotopic (exact) mass is 716 g/mol. The maximum atomic E-state index is 15.3. The van der Waals surface area contributed by atoms with Gasteiger partial charge in [-0.2, -0.15) is 0 Å². The summed E-state index contributed by atoms with van der Waals surface area (Å²) in [5, 5.41) is 5.18.